The molecule has 1 fully saturated rings. The zero-order chi connectivity index (χ0) is 27.0. The van der Waals surface area contributed by atoms with Gasteiger partial charge in [0.05, 0.1) is 13.2 Å². The Balaban J connectivity index is 1.32. The van der Waals surface area contributed by atoms with E-state index in [-0.39, 0.29) is 17.9 Å². The SMILES string of the molecule is CC(=O)N1CCc2ccc(NC(=O)N(CCC(c3ccccc3)c3ccccc3)CCN3CCOCC3)cc21. The molecule has 1 saturated heterocycles. The van der Waals surface area contributed by atoms with Crippen LogP contribution in [0.1, 0.15) is 36.0 Å². The Bertz CT molecular complexity index is 1210. The van der Waals surface area contributed by atoms with E-state index in [9.17, 15) is 9.59 Å². The van der Waals surface area contributed by atoms with E-state index in [1.807, 2.05) is 35.2 Å². The fraction of sp³-hybridized carbons (Fsp3) is 0.375. The molecule has 7 nitrogen and oxygen atoms in total. The first-order chi connectivity index (χ1) is 19.1. The van der Waals surface area contributed by atoms with Crippen molar-refractivity contribution in [3.8, 4) is 0 Å². The van der Waals surface area contributed by atoms with Crippen molar-refractivity contribution >= 4 is 23.3 Å². The Labute approximate surface area is 231 Å². The molecule has 7 heteroatoms. The number of anilines is 2. The highest BCUT2D eigenvalue weighted by Gasteiger charge is 2.24. The van der Waals surface area contributed by atoms with E-state index < -0.39 is 0 Å². The highest BCUT2D eigenvalue weighted by atomic mass is 16.5. The molecule has 0 aromatic heterocycles. The maximum atomic E-state index is 13.7. The van der Waals surface area contributed by atoms with Gasteiger partial charge in [0.2, 0.25) is 5.91 Å². The van der Waals surface area contributed by atoms with Crippen molar-refractivity contribution in [1.82, 2.24) is 9.80 Å². The summed E-state index contributed by atoms with van der Waals surface area (Å²) in [6.45, 7) is 7.58. The van der Waals surface area contributed by atoms with Gasteiger partial charge in [0, 0.05) is 63.5 Å². The molecule has 2 aliphatic rings. The number of nitrogens with one attached hydrogen (secondary N) is 1. The Morgan fingerprint density at radius 3 is 2.21 bits per heavy atom. The van der Waals surface area contributed by atoms with Crippen molar-refractivity contribution in [2.45, 2.75) is 25.7 Å². The van der Waals surface area contributed by atoms with Gasteiger partial charge in [-0.25, -0.2) is 4.79 Å². The Morgan fingerprint density at radius 1 is 0.897 bits per heavy atom. The molecule has 1 N–H and O–H groups in total. The van der Waals surface area contributed by atoms with E-state index in [4.69, 9.17) is 4.74 Å². The second-order valence-corrected chi connectivity index (χ2v) is 10.3. The second-order valence-electron chi connectivity index (χ2n) is 10.3. The summed E-state index contributed by atoms with van der Waals surface area (Å²) in [5.41, 5.74) is 5.25. The van der Waals surface area contributed by atoms with Gasteiger partial charge in [-0.05, 0) is 41.7 Å². The summed E-state index contributed by atoms with van der Waals surface area (Å²) in [6.07, 6.45) is 1.65. The van der Waals surface area contributed by atoms with Crippen LogP contribution in [-0.4, -0.2) is 74.2 Å². The molecule has 5 rings (SSSR count). The third-order valence-corrected chi connectivity index (χ3v) is 7.78. The van der Waals surface area contributed by atoms with E-state index >= 15 is 0 Å². The standard InChI is InChI=1S/C32H38N4O3/c1-25(37)36-17-14-28-12-13-29(24-31(28)36)33-32(38)35(19-18-34-20-22-39-23-21-34)16-15-30(26-8-4-2-5-9-26)27-10-6-3-7-11-27/h2-13,24,30H,14-23H2,1H3,(H,33,38). The first-order valence-corrected chi connectivity index (χ1v) is 14.0. The molecule has 0 spiro atoms. The van der Waals surface area contributed by atoms with Gasteiger partial charge in [-0.15, -0.1) is 0 Å². The van der Waals surface area contributed by atoms with Crippen LogP contribution < -0.4 is 10.2 Å². The predicted octanol–water partition coefficient (Wildman–Crippen LogP) is 4.98. The number of nitrogens with zero attached hydrogens (tertiary/aromatic N) is 3. The number of amides is 3. The topological polar surface area (TPSA) is 65.1 Å². The third kappa shape index (κ3) is 6.85. The summed E-state index contributed by atoms with van der Waals surface area (Å²) >= 11 is 0. The van der Waals surface area contributed by atoms with E-state index in [1.54, 1.807) is 11.8 Å². The number of hydrogen-bond donors (Lipinski definition) is 1. The smallest absolute Gasteiger partial charge is 0.321 e. The van der Waals surface area contributed by atoms with Crippen LogP contribution in [0.4, 0.5) is 16.2 Å². The molecule has 0 radical (unpaired) electrons. The van der Waals surface area contributed by atoms with E-state index in [0.29, 0.717) is 25.3 Å². The lowest BCUT2D eigenvalue weighted by molar-refractivity contribution is -0.116. The number of carbonyl (C=O) groups is 2. The van der Waals surface area contributed by atoms with Gasteiger partial charge in [0.15, 0.2) is 0 Å². The van der Waals surface area contributed by atoms with Crippen molar-refractivity contribution < 1.29 is 14.3 Å². The van der Waals surface area contributed by atoms with Crippen LogP contribution in [0.15, 0.2) is 78.9 Å². The molecule has 39 heavy (non-hydrogen) atoms. The maximum Gasteiger partial charge on any atom is 0.321 e. The Morgan fingerprint density at radius 2 is 1.56 bits per heavy atom. The lowest BCUT2D eigenvalue weighted by Crippen LogP contribution is -2.44. The monoisotopic (exact) mass is 526 g/mol. The van der Waals surface area contributed by atoms with Gasteiger partial charge in [-0.1, -0.05) is 66.7 Å². The van der Waals surface area contributed by atoms with Crippen LogP contribution in [0.25, 0.3) is 0 Å². The molecule has 0 unspecified atom stereocenters. The zero-order valence-electron chi connectivity index (χ0n) is 22.7. The normalized spacial score (nSPS) is 15.3. The maximum absolute atomic E-state index is 13.7. The largest absolute Gasteiger partial charge is 0.379 e. The predicted molar refractivity (Wildman–Crippen MR) is 155 cm³/mol. The number of hydrogen-bond acceptors (Lipinski definition) is 4. The molecule has 3 amide bonds. The average molecular weight is 527 g/mol. The van der Waals surface area contributed by atoms with Crippen LogP contribution in [0.3, 0.4) is 0 Å². The molecule has 0 saturated carbocycles. The lowest BCUT2D eigenvalue weighted by atomic mass is 9.88. The lowest BCUT2D eigenvalue weighted by Gasteiger charge is -2.31. The van der Waals surface area contributed by atoms with Gasteiger partial charge in [0.25, 0.3) is 0 Å². The molecule has 3 aromatic rings. The number of urea groups is 1. The summed E-state index contributed by atoms with van der Waals surface area (Å²) < 4.78 is 5.51. The first-order valence-electron chi connectivity index (χ1n) is 14.0. The second kappa shape index (κ2) is 12.9. The molecule has 0 bridgehead atoms. The molecule has 204 valence electrons. The number of carbonyl (C=O) groups excluding carboxylic acids is 2. The fourth-order valence-corrected chi connectivity index (χ4v) is 5.57. The summed E-state index contributed by atoms with van der Waals surface area (Å²) in [6, 6.07) is 26.8. The van der Waals surface area contributed by atoms with Crippen LogP contribution in [0.5, 0.6) is 0 Å². The fourth-order valence-electron chi connectivity index (χ4n) is 5.57. The minimum absolute atomic E-state index is 0.0252. The van der Waals surface area contributed by atoms with Gasteiger partial charge >= 0.3 is 6.03 Å². The minimum Gasteiger partial charge on any atom is -0.379 e. The highest BCUT2D eigenvalue weighted by molar-refractivity contribution is 5.96. The average Bonchev–Trinajstić information content (AvgIpc) is 3.40. The Kier molecular flexibility index (Phi) is 8.91. The van der Waals surface area contributed by atoms with Gasteiger partial charge in [-0.3, -0.25) is 9.69 Å². The van der Waals surface area contributed by atoms with Crippen LogP contribution in [0.2, 0.25) is 0 Å². The van der Waals surface area contributed by atoms with Gasteiger partial charge in [0.1, 0.15) is 0 Å². The van der Waals surface area contributed by atoms with Gasteiger partial charge < -0.3 is 19.9 Å². The molecular weight excluding hydrogens is 488 g/mol. The third-order valence-electron chi connectivity index (χ3n) is 7.78. The zero-order valence-corrected chi connectivity index (χ0v) is 22.7. The number of fused-ring (bicyclic) bond motifs is 1. The summed E-state index contributed by atoms with van der Waals surface area (Å²) in [5.74, 6) is 0.215. The number of morpholine rings is 1. The van der Waals surface area contributed by atoms with Crippen molar-refractivity contribution in [3.05, 3.63) is 95.6 Å². The van der Waals surface area contributed by atoms with Crippen molar-refractivity contribution in [1.29, 1.82) is 0 Å². The quantitative estimate of drug-likeness (QED) is 0.427. The molecule has 3 aromatic carbocycles. The highest BCUT2D eigenvalue weighted by Crippen LogP contribution is 2.31. The van der Waals surface area contributed by atoms with Crippen LogP contribution in [0, 0.1) is 0 Å². The van der Waals surface area contributed by atoms with Crippen LogP contribution >= 0.6 is 0 Å². The van der Waals surface area contributed by atoms with Crippen molar-refractivity contribution in [3.63, 3.8) is 0 Å². The van der Waals surface area contributed by atoms with Crippen molar-refractivity contribution in [2.75, 3.05) is 62.7 Å². The summed E-state index contributed by atoms with van der Waals surface area (Å²) in [5, 5.41) is 3.13. The van der Waals surface area contributed by atoms with Crippen LogP contribution in [-0.2, 0) is 16.0 Å². The molecular formula is C32H38N4O3. The van der Waals surface area contributed by atoms with E-state index in [2.05, 4.69) is 58.7 Å². The van der Waals surface area contributed by atoms with Gasteiger partial charge in [-0.2, -0.15) is 0 Å². The number of benzene rings is 3. The minimum atomic E-state index is -0.115. The van der Waals surface area contributed by atoms with Crippen molar-refractivity contribution in [2.24, 2.45) is 0 Å². The van der Waals surface area contributed by atoms with E-state index in [1.165, 1.54) is 11.1 Å². The molecule has 2 heterocycles. The molecule has 0 aliphatic carbocycles. The first kappa shape index (κ1) is 26.9. The Hall–Kier alpha value is -3.68. The summed E-state index contributed by atoms with van der Waals surface area (Å²) in [4.78, 5) is 31.8. The number of rotatable bonds is 9. The molecule has 2 aliphatic heterocycles. The van der Waals surface area contributed by atoms with E-state index in [0.717, 1.165) is 56.9 Å². The summed E-state index contributed by atoms with van der Waals surface area (Å²) in [7, 11) is 0. The number of ether oxygens (including phenoxy) is 1. The molecule has 0 atom stereocenters.